The fraction of sp³-hybridized carbons (Fsp3) is 0.639. The standard InChI is InChI=1S/C36H49N2/c1-8-9-10-13-36(6)30-12-11-27(19-31(30)34(2,3)35(36,4)5)38-22-37(7)32-20-28-25-15-23-14-24(16-25)18-26(17-23)29(28)21-33(32)38/h11-12,19-26H,8-10,13-18H2,1-7H3/q+1. The number of hydrogen-bond donors (Lipinski definition) is 0. The van der Waals surface area contributed by atoms with Crippen molar-refractivity contribution in [1.82, 2.24) is 4.57 Å². The number of aryl methyl sites for hydroxylation is 1. The molecule has 1 aromatic heterocycles. The Bertz CT molecular complexity index is 1410. The molecule has 5 aliphatic rings. The Hall–Kier alpha value is -2.09. The lowest BCUT2D eigenvalue weighted by Gasteiger charge is -2.47. The summed E-state index contributed by atoms with van der Waals surface area (Å²) < 4.78 is 4.88. The van der Waals surface area contributed by atoms with Crippen molar-refractivity contribution in [2.24, 2.45) is 24.3 Å². The van der Waals surface area contributed by atoms with Gasteiger partial charge >= 0.3 is 0 Å². The van der Waals surface area contributed by atoms with Crippen LogP contribution in [0.1, 0.15) is 133 Å². The molecule has 3 unspecified atom stereocenters. The van der Waals surface area contributed by atoms with Gasteiger partial charge in [-0.3, -0.25) is 0 Å². The van der Waals surface area contributed by atoms with E-state index in [-0.39, 0.29) is 16.2 Å². The lowest BCUT2D eigenvalue weighted by Crippen LogP contribution is -2.44. The summed E-state index contributed by atoms with van der Waals surface area (Å²) in [5.41, 5.74) is 11.2. The van der Waals surface area contributed by atoms with E-state index in [1.807, 2.05) is 0 Å². The molecule has 5 aliphatic carbocycles. The van der Waals surface area contributed by atoms with Gasteiger partial charge < -0.3 is 0 Å². The number of unbranched alkanes of at least 4 members (excludes halogenated alkanes) is 2. The molecule has 0 radical (unpaired) electrons. The average Bonchev–Trinajstić information content (AvgIpc) is 3.18. The van der Waals surface area contributed by atoms with Crippen LogP contribution >= 0.6 is 0 Å². The van der Waals surface area contributed by atoms with Gasteiger partial charge in [-0.2, -0.15) is 4.57 Å². The minimum Gasteiger partial charge on any atom is -0.232 e. The van der Waals surface area contributed by atoms with Crippen LogP contribution in [0.4, 0.5) is 0 Å². The van der Waals surface area contributed by atoms with Crippen LogP contribution in [0.25, 0.3) is 16.7 Å². The Morgan fingerprint density at radius 1 is 0.816 bits per heavy atom. The number of nitrogens with zero attached hydrogens (tertiary/aromatic N) is 2. The van der Waals surface area contributed by atoms with Crippen molar-refractivity contribution in [3.63, 3.8) is 0 Å². The summed E-state index contributed by atoms with van der Waals surface area (Å²) in [4.78, 5) is 0. The minimum absolute atomic E-state index is 0.125. The molecule has 202 valence electrons. The maximum atomic E-state index is 2.62. The van der Waals surface area contributed by atoms with Crippen molar-refractivity contribution in [3.8, 4) is 5.69 Å². The Morgan fingerprint density at radius 2 is 1.47 bits per heavy atom. The van der Waals surface area contributed by atoms with E-state index in [1.165, 1.54) is 74.5 Å². The first-order valence-corrected chi connectivity index (χ1v) is 15.7. The van der Waals surface area contributed by atoms with Gasteiger partial charge in [0.25, 0.3) is 0 Å². The third-order valence-electron chi connectivity index (χ3n) is 12.9. The molecular formula is C36H49N2+. The van der Waals surface area contributed by atoms with Gasteiger partial charge in [0, 0.05) is 0 Å². The summed E-state index contributed by atoms with van der Waals surface area (Å²) in [5, 5.41) is 0. The van der Waals surface area contributed by atoms with E-state index in [1.54, 1.807) is 22.3 Å². The first-order chi connectivity index (χ1) is 18.0. The molecule has 0 amide bonds. The second-order valence-corrected chi connectivity index (χ2v) is 15.1. The summed E-state index contributed by atoms with van der Waals surface area (Å²) in [6, 6.07) is 12.7. The summed E-state index contributed by atoms with van der Waals surface area (Å²) in [5.74, 6) is 3.51. The molecule has 3 aromatic rings. The third-order valence-corrected chi connectivity index (χ3v) is 12.9. The van der Waals surface area contributed by atoms with Gasteiger partial charge in [0.1, 0.15) is 5.69 Å². The number of imidazole rings is 1. The van der Waals surface area contributed by atoms with E-state index in [0.717, 1.165) is 23.7 Å². The molecule has 0 saturated heterocycles. The second-order valence-electron chi connectivity index (χ2n) is 15.1. The van der Waals surface area contributed by atoms with Crippen LogP contribution < -0.4 is 4.57 Å². The third kappa shape index (κ3) is 3.21. The van der Waals surface area contributed by atoms with Crippen molar-refractivity contribution in [1.29, 1.82) is 0 Å². The molecule has 38 heavy (non-hydrogen) atoms. The average molecular weight is 510 g/mol. The highest BCUT2D eigenvalue weighted by atomic mass is 15.1. The smallest absolute Gasteiger partial charge is 0.232 e. The molecule has 0 aliphatic heterocycles. The van der Waals surface area contributed by atoms with Gasteiger partial charge in [0.05, 0.1) is 7.05 Å². The molecule has 2 fully saturated rings. The molecule has 0 N–H and O–H groups in total. The summed E-state index contributed by atoms with van der Waals surface area (Å²) in [7, 11) is 2.25. The number of fused-ring (bicyclic) bond motifs is 2. The van der Waals surface area contributed by atoms with Crippen LogP contribution in [0.5, 0.6) is 0 Å². The summed E-state index contributed by atoms with van der Waals surface area (Å²) in [6.07, 6.45) is 14.8. The monoisotopic (exact) mass is 509 g/mol. The van der Waals surface area contributed by atoms with E-state index in [4.69, 9.17) is 0 Å². The van der Waals surface area contributed by atoms with Gasteiger partial charge in [-0.05, 0) is 125 Å². The fourth-order valence-corrected chi connectivity index (χ4v) is 9.87. The van der Waals surface area contributed by atoms with Crippen molar-refractivity contribution in [3.05, 3.63) is 58.9 Å². The zero-order chi connectivity index (χ0) is 26.6. The largest absolute Gasteiger partial charge is 0.249 e. The number of aromatic nitrogens is 2. The van der Waals surface area contributed by atoms with Gasteiger partial charge in [0.2, 0.25) is 6.33 Å². The van der Waals surface area contributed by atoms with Crippen LogP contribution in [0.15, 0.2) is 36.7 Å². The Kier molecular flexibility index (Phi) is 5.39. The van der Waals surface area contributed by atoms with Crippen LogP contribution in [0, 0.1) is 17.3 Å². The number of benzene rings is 2. The van der Waals surface area contributed by atoms with Crippen molar-refractivity contribution < 1.29 is 4.57 Å². The lowest BCUT2D eigenvalue weighted by molar-refractivity contribution is -0.645. The van der Waals surface area contributed by atoms with E-state index in [9.17, 15) is 0 Å². The lowest BCUT2D eigenvalue weighted by atomic mass is 9.57. The summed E-state index contributed by atoms with van der Waals surface area (Å²) in [6.45, 7) is 14.9. The molecule has 3 atom stereocenters. The molecule has 2 saturated carbocycles. The molecule has 4 bridgehead atoms. The first-order valence-electron chi connectivity index (χ1n) is 15.7. The van der Waals surface area contributed by atoms with Crippen LogP contribution in [-0.4, -0.2) is 4.57 Å². The fourth-order valence-electron chi connectivity index (χ4n) is 9.87. The Balaban J connectivity index is 1.36. The molecule has 2 nitrogen and oxygen atoms in total. The highest BCUT2D eigenvalue weighted by Gasteiger charge is 2.58. The quantitative estimate of drug-likeness (QED) is 0.240. The van der Waals surface area contributed by atoms with E-state index < -0.39 is 0 Å². The predicted octanol–water partition coefficient (Wildman–Crippen LogP) is 9.00. The molecule has 2 heteroatoms. The molecular weight excluding hydrogens is 460 g/mol. The normalized spacial score (nSPS) is 32.0. The van der Waals surface area contributed by atoms with Crippen LogP contribution in [0.3, 0.4) is 0 Å². The number of hydrogen-bond acceptors (Lipinski definition) is 0. The summed E-state index contributed by atoms with van der Waals surface area (Å²) >= 11 is 0. The van der Waals surface area contributed by atoms with Gasteiger partial charge in [-0.1, -0.05) is 66.9 Å². The zero-order valence-electron chi connectivity index (χ0n) is 25.0. The topological polar surface area (TPSA) is 8.81 Å². The second kappa shape index (κ2) is 8.21. The van der Waals surface area contributed by atoms with Crippen LogP contribution in [0.2, 0.25) is 0 Å². The molecule has 2 aromatic carbocycles. The van der Waals surface area contributed by atoms with E-state index in [0.29, 0.717) is 0 Å². The Labute approximate surface area is 230 Å². The van der Waals surface area contributed by atoms with Crippen LogP contribution in [-0.2, 0) is 17.9 Å². The molecule has 0 spiro atoms. The van der Waals surface area contributed by atoms with Gasteiger partial charge in [-0.15, -0.1) is 0 Å². The van der Waals surface area contributed by atoms with Gasteiger partial charge in [-0.25, -0.2) is 4.57 Å². The highest BCUT2D eigenvalue weighted by molar-refractivity contribution is 5.77. The van der Waals surface area contributed by atoms with E-state index in [2.05, 4.69) is 94.4 Å². The first kappa shape index (κ1) is 24.9. The maximum Gasteiger partial charge on any atom is 0.249 e. The van der Waals surface area contributed by atoms with Crippen molar-refractivity contribution in [2.75, 3.05) is 0 Å². The van der Waals surface area contributed by atoms with Gasteiger partial charge in [0.15, 0.2) is 11.0 Å². The SMILES string of the molecule is CCCCCC1(C)c2ccc(-n3c[n+](C)c4cc5c(cc43)C3CC4CC(C3)CC5C4)cc2C(C)(C)C1(C)C. The van der Waals surface area contributed by atoms with Crippen molar-refractivity contribution in [2.45, 2.75) is 122 Å². The minimum atomic E-state index is 0.125. The zero-order valence-corrected chi connectivity index (χ0v) is 25.0. The molecule has 1 heterocycles. The highest BCUT2D eigenvalue weighted by Crippen LogP contribution is 2.63. The molecule has 8 rings (SSSR count). The Morgan fingerprint density at radius 3 is 2.13 bits per heavy atom. The maximum absolute atomic E-state index is 2.62. The number of rotatable bonds is 5. The van der Waals surface area contributed by atoms with E-state index >= 15 is 0 Å². The van der Waals surface area contributed by atoms with Crippen molar-refractivity contribution >= 4 is 11.0 Å². The predicted molar refractivity (Wildman–Crippen MR) is 158 cm³/mol.